The van der Waals surface area contributed by atoms with Gasteiger partial charge in [-0.25, -0.2) is 0 Å². The second-order valence-electron chi connectivity index (χ2n) is 3.17. The Morgan fingerprint density at radius 3 is 1.44 bits per heavy atom. The van der Waals surface area contributed by atoms with Crippen LogP contribution in [-0.4, -0.2) is 22.4 Å². The van der Waals surface area contributed by atoms with Gasteiger partial charge < -0.3 is 10.2 Å². The van der Waals surface area contributed by atoms with Gasteiger partial charge >= 0.3 is 0 Å². The summed E-state index contributed by atoms with van der Waals surface area (Å²) in [6, 6.07) is 0. The van der Waals surface area contributed by atoms with E-state index >= 15 is 0 Å². The fourth-order valence-electron chi connectivity index (χ4n) is 1.54. The molecular formula is C7H14O2. The molecule has 1 saturated carbocycles. The van der Waals surface area contributed by atoms with Crippen LogP contribution in [0.25, 0.3) is 0 Å². The molecule has 1 rings (SSSR count). The van der Waals surface area contributed by atoms with Crippen molar-refractivity contribution >= 4 is 0 Å². The van der Waals surface area contributed by atoms with Crippen molar-refractivity contribution in [3.05, 3.63) is 0 Å². The zero-order valence-electron chi connectivity index (χ0n) is 5.91. The average Bonchev–Trinajstić information content (AvgIpc) is 1.98. The van der Waals surface area contributed by atoms with E-state index in [0.717, 1.165) is 6.42 Å². The van der Waals surface area contributed by atoms with E-state index in [1.54, 1.807) is 0 Å². The summed E-state index contributed by atoms with van der Waals surface area (Å²) in [6.07, 6.45) is -0.0255. The molecule has 1 aliphatic rings. The first kappa shape index (κ1) is 7.03. The lowest BCUT2D eigenvalue weighted by Gasteiger charge is -2.11. The quantitative estimate of drug-likeness (QED) is 0.498. The first-order valence-electron chi connectivity index (χ1n) is 3.49. The van der Waals surface area contributed by atoms with Crippen molar-refractivity contribution < 1.29 is 10.2 Å². The Morgan fingerprint density at radius 2 is 1.33 bits per heavy atom. The number of aliphatic hydroxyl groups excluding tert-OH is 2. The lowest BCUT2D eigenvalue weighted by Crippen LogP contribution is -2.26. The van der Waals surface area contributed by atoms with E-state index in [2.05, 4.69) is 0 Å². The normalized spacial score (nSPS) is 52.0. The first-order chi connectivity index (χ1) is 4.13. The third kappa shape index (κ3) is 1.10. The zero-order valence-corrected chi connectivity index (χ0v) is 5.91. The summed E-state index contributed by atoms with van der Waals surface area (Å²) in [5, 5.41) is 18.4. The van der Waals surface area contributed by atoms with Gasteiger partial charge in [0.05, 0.1) is 12.2 Å². The van der Waals surface area contributed by atoms with Crippen LogP contribution in [0.2, 0.25) is 0 Å². The van der Waals surface area contributed by atoms with Crippen LogP contribution >= 0.6 is 0 Å². The summed E-state index contributed by atoms with van der Waals surface area (Å²) in [5.74, 6) is 0.546. The Balaban J connectivity index is 2.54. The van der Waals surface area contributed by atoms with Gasteiger partial charge in [0.25, 0.3) is 0 Å². The number of aliphatic hydroxyl groups is 2. The van der Waals surface area contributed by atoms with Crippen LogP contribution in [0.15, 0.2) is 0 Å². The van der Waals surface area contributed by atoms with E-state index in [1.165, 1.54) is 0 Å². The summed E-state index contributed by atoms with van der Waals surface area (Å²) in [5.41, 5.74) is 0. The molecule has 0 bridgehead atoms. The summed E-state index contributed by atoms with van der Waals surface area (Å²) in [4.78, 5) is 0. The van der Waals surface area contributed by atoms with Crippen molar-refractivity contribution in [2.24, 2.45) is 11.8 Å². The van der Waals surface area contributed by atoms with Gasteiger partial charge in [0.2, 0.25) is 0 Å². The second kappa shape index (κ2) is 2.27. The van der Waals surface area contributed by atoms with Gasteiger partial charge in [0.1, 0.15) is 0 Å². The molecule has 0 radical (unpaired) electrons. The first-order valence-corrected chi connectivity index (χ1v) is 3.49. The minimum absolute atomic E-state index is 0.273. The van der Waals surface area contributed by atoms with Crippen molar-refractivity contribution in [1.82, 2.24) is 0 Å². The van der Waals surface area contributed by atoms with E-state index in [0.29, 0.717) is 0 Å². The standard InChI is InChI=1S/C7H14O2/c1-4-3-5(2)7(9)6(4)8/h4-9H,3H2,1-2H3/t4-,5-,6+,7+/m0/s1. The highest BCUT2D eigenvalue weighted by Gasteiger charge is 2.35. The largest absolute Gasteiger partial charge is 0.390 e. The molecule has 9 heavy (non-hydrogen) atoms. The Bertz CT molecular complexity index is 91.1. The molecule has 1 aliphatic carbocycles. The molecule has 0 aromatic carbocycles. The molecule has 2 heteroatoms. The van der Waals surface area contributed by atoms with E-state index in [1.807, 2.05) is 13.8 Å². The van der Waals surface area contributed by atoms with Crippen molar-refractivity contribution in [3.8, 4) is 0 Å². The molecule has 0 spiro atoms. The van der Waals surface area contributed by atoms with E-state index < -0.39 is 12.2 Å². The lowest BCUT2D eigenvalue weighted by molar-refractivity contribution is 0.00981. The van der Waals surface area contributed by atoms with Crippen LogP contribution in [0.3, 0.4) is 0 Å². The van der Waals surface area contributed by atoms with Gasteiger partial charge in [-0.05, 0) is 18.3 Å². The van der Waals surface area contributed by atoms with Crippen LogP contribution in [0.4, 0.5) is 0 Å². The molecule has 0 aliphatic heterocycles. The molecule has 0 saturated heterocycles. The predicted molar refractivity (Wildman–Crippen MR) is 35.0 cm³/mol. The van der Waals surface area contributed by atoms with E-state index in [-0.39, 0.29) is 11.8 Å². The smallest absolute Gasteiger partial charge is 0.0827 e. The van der Waals surface area contributed by atoms with Crippen molar-refractivity contribution in [2.45, 2.75) is 32.5 Å². The molecular weight excluding hydrogens is 116 g/mol. The average molecular weight is 130 g/mol. The third-order valence-corrected chi connectivity index (χ3v) is 2.26. The number of rotatable bonds is 0. The molecule has 54 valence electrons. The van der Waals surface area contributed by atoms with Gasteiger partial charge in [0, 0.05) is 0 Å². The summed E-state index contributed by atoms with van der Waals surface area (Å²) in [6.45, 7) is 3.94. The predicted octanol–water partition coefficient (Wildman–Crippen LogP) is 0.384. The van der Waals surface area contributed by atoms with Gasteiger partial charge in [-0.1, -0.05) is 13.8 Å². The molecule has 0 aromatic rings. The van der Waals surface area contributed by atoms with Crippen LogP contribution in [0, 0.1) is 11.8 Å². The monoisotopic (exact) mass is 130 g/mol. The highest BCUT2D eigenvalue weighted by atomic mass is 16.3. The van der Waals surface area contributed by atoms with Crippen LogP contribution in [0.5, 0.6) is 0 Å². The van der Waals surface area contributed by atoms with Gasteiger partial charge in [-0.15, -0.1) is 0 Å². The lowest BCUT2D eigenvalue weighted by atomic mass is 10.1. The Hall–Kier alpha value is -0.0800. The minimum atomic E-state index is -0.486. The fraction of sp³-hybridized carbons (Fsp3) is 1.00. The maximum absolute atomic E-state index is 9.19. The third-order valence-electron chi connectivity index (χ3n) is 2.26. The molecule has 0 unspecified atom stereocenters. The number of hydrogen-bond acceptors (Lipinski definition) is 2. The topological polar surface area (TPSA) is 40.5 Å². The SMILES string of the molecule is C[C@H]1C[C@H](C)[C@@H](O)[C@@H]1O. The second-order valence-corrected chi connectivity index (χ2v) is 3.17. The molecule has 0 heterocycles. The highest BCUT2D eigenvalue weighted by Crippen LogP contribution is 2.30. The summed E-state index contributed by atoms with van der Waals surface area (Å²) < 4.78 is 0. The molecule has 2 N–H and O–H groups in total. The highest BCUT2D eigenvalue weighted by molar-refractivity contribution is 4.86. The molecule has 0 amide bonds. The van der Waals surface area contributed by atoms with Gasteiger partial charge in [-0.2, -0.15) is 0 Å². The van der Waals surface area contributed by atoms with E-state index in [4.69, 9.17) is 0 Å². The summed E-state index contributed by atoms with van der Waals surface area (Å²) >= 11 is 0. The maximum atomic E-state index is 9.19. The minimum Gasteiger partial charge on any atom is -0.390 e. The summed E-state index contributed by atoms with van der Waals surface area (Å²) in [7, 11) is 0. The maximum Gasteiger partial charge on any atom is 0.0827 e. The fourth-order valence-corrected chi connectivity index (χ4v) is 1.54. The Kier molecular flexibility index (Phi) is 1.78. The van der Waals surface area contributed by atoms with Gasteiger partial charge in [-0.3, -0.25) is 0 Å². The number of hydrogen-bond donors (Lipinski definition) is 2. The zero-order chi connectivity index (χ0) is 7.02. The van der Waals surface area contributed by atoms with Crippen molar-refractivity contribution in [2.75, 3.05) is 0 Å². The van der Waals surface area contributed by atoms with E-state index in [9.17, 15) is 10.2 Å². The molecule has 1 fully saturated rings. The Labute approximate surface area is 55.5 Å². The van der Waals surface area contributed by atoms with Crippen molar-refractivity contribution in [3.63, 3.8) is 0 Å². The van der Waals surface area contributed by atoms with Crippen LogP contribution < -0.4 is 0 Å². The molecule has 4 atom stereocenters. The Morgan fingerprint density at radius 1 is 1.00 bits per heavy atom. The van der Waals surface area contributed by atoms with Crippen molar-refractivity contribution in [1.29, 1.82) is 0 Å². The molecule has 2 nitrogen and oxygen atoms in total. The van der Waals surface area contributed by atoms with Gasteiger partial charge in [0.15, 0.2) is 0 Å². The molecule has 0 aromatic heterocycles. The van der Waals surface area contributed by atoms with Crippen LogP contribution in [0.1, 0.15) is 20.3 Å². The van der Waals surface area contributed by atoms with Crippen LogP contribution in [-0.2, 0) is 0 Å².